The van der Waals surface area contributed by atoms with Gasteiger partial charge in [-0.25, -0.2) is 9.37 Å². The van der Waals surface area contributed by atoms with Crippen LogP contribution in [-0.2, 0) is 4.79 Å². The number of halogens is 1. The molecule has 0 unspecified atom stereocenters. The van der Waals surface area contributed by atoms with Crippen molar-refractivity contribution in [1.82, 2.24) is 4.98 Å². The number of anilines is 2. The number of carbonyl (C=O) groups is 1. The predicted molar refractivity (Wildman–Crippen MR) is 89.1 cm³/mol. The van der Waals surface area contributed by atoms with Gasteiger partial charge in [-0.2, -0.15) is 0 Å². The first-order valence-electron chi connectivity index (χ1n) is 7.72. The number of carbonyl (C=O) groups excluding carboxylic acids is 1. The van der Waals surface area contributed by atoms with E-state index in [0.717, 1.165) is 24.1 Å². The molecule has 1 aliphatic rings. The van der Waals surface area contributed by atoms with Crippen molar-refractivity contribution in [2.24, 2.45) is 5.92 Å². The lowest BCUT2D eigenvalue weighted by atomic mass is 9.71. The molecule has 1 aromatic heterocycles. The van der Waals surface area contributed by atoms with E-state index in [2.05, 4.69) is 10.3 Å². The average Bonchev–Trinajstić information content (AvgIpc) is 2.48. The minimum atomic E-state index is -0.228. The van der Waals surface area contributed by atoms with E-state index < -0.39 is 0 Å². The van der Waals surface area contributed by atoms with E-state index in [-0.39, 0.29) is 17.6 Å². The van der Waals surface area contributed by atoms with Gasteiger partial charge in [0.15, 0.2) is 0 Å². The van der Waals surface area contributed by atoms with E-state index in [4.69, 9.17) is 0 Å². The van der Waals surface area contributed by atoms with Crippen molar-refractivity contribution in [2.45, 2.75) is 18.8 Å². The molecule has 0 saturated heterocycles. The molecule has 4 nitrogen and oxygen atoms in total. The minimum Gasteiger partial charge on any atom is -0.378 e. The average molecular weight is 313 g/mol. The standard InChI is InChI=1S/C18H20FN3O/c1-22(2)16-7-8-20-17(11-16)21-18(23)14-9-13(10-14)12-3-5-15(19)6-4-12/h3-8,11,13-14H,9-10H2,1-2H3,(H,20,21,23). The smallest absolute Gasteiger partial charge is 0.228 e. The summed E-state index contributed by atoms with van der Waals surface area (Å²) in [6.07, 6.45) is 3.28. The van der Waals surface area contributed by atoms with Gasteiger partial charge in [-0.05, 0) is 42.5 Å². The molecule has 1 saturated carbocycles. The van der Waals surface area contributed by atoms with E-state index in [1.54, 1.807) is 18.3 Å². The van der Waals surface area contributed by atoms with Gasteiger partial charge in [-0.1, -0.05) is 12.1 Å². The van der Waals surface area contributed by atoms with Crippen molar-refractivity contribution in [3.8, 4) is 0 Å². The molecule has 0 atom stereocenters. The fourth-order valence-corrected chi connectivity index (χ4v) is 2.83. The van der Waals surface area contributed by atoms with Crippen LogP contribution in [0.4, 0.5) is 15.9 Å². The van der Waals surface area contributed by atoms with E-state index in [1.165, 1.54) is 12.1 Å². The first-order chi connectivity index (χ1) is 11.0. The number of hydrogen-bond donors (Lipinski definition) is 1. The van der Waals surface area contributed by atoms with E-state index in [0.29, 0.717) is 11.7 Å². The zero-order valence-corrected chi connectivity index (χ0v) is 13.3. The third-order valence-electron chi connectivity index (χ3n) is 4.36. The summed E-state index contributed by atoms with van der Waals surface area (Å²) in [5.74, 6) is 0.690. The molecule has 3 rings (SSSR count). The third-order valence-corrected chi connectivity index (χ3v) is 4.36. The molecule has 1 aromatic carbocycles. The molecule has 5 heteroatoms. The van der Waals surface area contributed by atoms with Gasteiger partial charge < -0.3 is 10.2 Å². The zero-order chi connectivity index (χ0) is 16.4. The second kappa shape index (κ2) is 6.36. The summed E-state index contributed by atoms with van der Waals surface area (Å²) < 4.78 is 12.9. The van der Waals surface area contributed by atoms with E-state index >= 15 is 0 Å². The molecular formula is C18H20FN3O. The number of benzene rings is 1. The largest absolute Gasteiger partial charge is 0.378 e. The van der Waals surface area contributed by atoms with Gasteiger partial charge in [0.2, 0.25) is 5.91 Å². The summed E-state index contributed by atoms with van der Waals surface area (Å²) in [6, 6.07) is 10.3. The van der Waals surface area contributed by atoms with Gasteiger partial charge in [0.05, 0.1) is 0 Å². The Morgan fingerprint density at radius 2 is 1.91 bits per heavy atom. The Bertz CT molecular complexity index is 694. The van der Waals surface area contributed by atoms with Crippen LogP contribution < -0.4 is 10.2 Å². The molecule has 120 valence electrons. The molecule has 1 N–H and O–H groups in total. The Labute approximate surface area is 135 Å². The first kappa shape index (κ1) is 15.5. The number of amides is 1. The van der Waals surface area contributed by atoms with Crippen LogP contribution in [0, 0.1) is 11.7 Å². The van der Waals surface area contributed by atoms with Crippen LogP contribution in [0.3, 0.4) is 0 Å². The Morgan fingerprint density at radius 3 is 2.57 bits per heavy atom. The summed E-state index contributed by atoms with van der Waals surface area (Å²) in [5.41, 5.74) is 2.09. The highest BCUT2D eigenvalue weighted by Gasteiger charge is 2.35. The molecule has 0 radical (unpaired) electrons. The predicted octanol–water partition coefficient (Wildman–Crippen LogP) is 3.42. The highest BCUT2D eigenvalue weighted by atomic mass is 19.1. The molecule has 1 heterocycles. The quantitative estimate of drug-likeness (QED) is 0.940. The van der Waals surface area contributed by atoms with Gasteiger partial charge in [0, 0.05) is 38.0 Å². The van der Waals surface area contributed by atoms with Gasteiger partial charge in [-0.3, -0.25) is 4.79 Å². The normalized spacial score (nSPS) is 19.8. The summed E-state index contributed by atoms with van der Waals surface area (Å²) >= 11 is 0. The summed E-state index contributed by atoms with van der Waals surface area (Å²) in [5, 5.41) is 2.88. The molecule has 0 bridgehead atoms. The Kier molecular flexibility index (Phi) is 4.28. The van der Waals surface area contributed by atoms with E-state index in [1.807, 2.05) is 31.1 Å². The van der Waals surface area contributed by atoms with E-state index in [9.17, 15) is 9.18 Å². The van der Waals surface area contributed by atoms with Crippen molar-refractivity contribution in [3.63, 3.8) is 0 Å². The van der Waals surface area contributed by atoms with Crippen molar-refractivity contribution in [1.29, 1.82) is 0 Å². The lowest BCUT2D eigenvalue weighted by Crippen LogP contribution is -2.33. The highest BCUT2D eigenvalue weighted by Crippen LogP contribution is 2.42. The molecule has 0 spiro atoms. The maximum atomic E-state index is 12.9. The Hall–Kier alpha value is -2.43. The molecular weight excluding hydrogens is 293 g/mol. The Balaban J connectivity index is 1.56. The fourth-order valence-electron chi connectivity index (χ4n) is 2.83. The van der Waals surface area contributed by atoms with Gasteiger partial charge in [-0.15, -0.1) is 0 Å². The Morgan fingerprint density at radius 1 is 1.22 bits per heavy atom. The zero-order valence-electron chi connectivity index (χ0n) is 13.3. The molecule has 0 aliphatic heterocycles. The molecule has 1 aliphatic carbocycles. The number of pyridine rings is 1. The topological polar surface area (TPSA) is 45.2 Å². The SMILES string of the molecule is CN(C)c1ccnc(NC(=O)C2CC(c3ccc(F)cc3)C2)c1. The lowest BCUT2D eigenvalue weighted by molar-refractivity contribution is -0.122. The minimum absolute atomic E-state index is 0.00475. The lowest BCUT2D eigenvalue weighted by Gasteiger charge is -2.34. The number of nitrogens with zero attached hydrogens (tertiary/aromatic N) is 2. The second-order valence-electron chi connectivity index (χ2n) is 6.20. The fraction of sp³-hybridized carbons (Fsp3) is 0.333. The van der Waals surface area contributed by atoms with Crippen molar-refractivity contribution in [3.05, 3.63) is 54.0 Å². The monoisotopic (exact) mass is 313 g/mol. The van der Waals surface area contributed by atoms with Gasteiger partial charge >= 0.3 is 0 Å². The number of hydrogen-bond acceptors (Lipinski definition) is 3. The van der Waals surface area contributed by atoms with Crippen LogP contribution in [0.15, 0.2) is 42.6 Å². The summed E-state index contributed by atoms with van der Waals surface area (Å²) in [6.45, 7) is 0. The third kappa shape index (κ3) is 3.50. The first-order valence-corrected chi connectivity index (χ1v) is 7.72. The molecule has 23 heavy (non-hydrogen) atoms. The maximum Gasteiger partial charge on any atom is 0.228 e. The van der Waals surface area contributed by atoms with Crippen LogP contribution in [0.1, 0.15) is 24.3 Å². The number of aromatic nitrogens is 1. The second-order valence-corrected chi connectivity index (χ2v) is 6.20. The molecule has 1 amide bonds. The van der Waals surface area contributed by atoms with Crippen LogP contribution in [0.5, 0.6) is 0 Å². The maximum absolute atomic E-state index is 12.9. The van der Waals surface area contributed by atoms with Crippen LogP contribution in [0.25, 0.3) is 0 Å². The molecule has 1 fully saturated rings. The number of nitrogens with one attached hydrogen (secondary N) is 1. The van der Waals surface area contributed by atoms with Crippen molar-refractivity contribution in [2.75, 3.05) is 24.3 Å². The molecule has 2 aromatic rings. The van der Waals surface area contributed by atoms with Crippen molar-refractivity contribution < 1.29 is 9.18 Å². The van der Waals surface area contributed by atoms with Gasteiger partial charge in [0.1, 0.15) is 11.6 Å². The van der Waals surface area contributed by atoms with Crippen LogP contribution in [-0.4, -0.2) is 25.0 Å². The highest BCUT2D eigenvalue weighted by molar-refractivity contribution is 5.92. The number of rotatable bonds is 4. The summed E-state index contributed by atoms with van der Waals surface area (Å²) in [7, 11) is 3.89. The summed E-state index contributed by atoms with van der Waals surface area (Å²) in [4.78, 5) is 18.4. The van der Waals surface area contributed by atoms with Crippen LogP contribution >= 0.6 is 0 Å². The van der Waals surface area contributed by atoms with Crippen LogP contribution in [0.2, 0.25) is 0 Å². The van der Waals surface area contributed by atoms with Crippen molar-refractivity contribution >= 4 is 17.4 Å². The van der Waals surface area contributed by atoms with Gasteiger partial charge in [0.25, 0.3) is 0 Å².